The first-order chi connectivity index (χ1) is 11.6. The Morgan fingerprint density at radius 1 is 1.42 bits per heavy atom. The van der Waals surface area contributed by atoms with Crippen molar-refractivity contribution in [1.29, 1.82) is 0 Å². The molecule has 4 nitrogen and oxygen atoms in total. The van der Waals surface area contributed by atoms with E-state index < -0.39 is 0 Å². The molecule has 2 aliphatic rings. The van der Waals surface area contributed by atoms with E-state index in [1.165, 1.54) is 0 Å². The highest BCUT2D eigenvalue weighted by atomic mass is 35.5. The Labute approximate surface area is 149 Å². The van der Waals surface area contributed by atoms with Crippen molar-refractivity contribution < 1.29 is 14.3 Å². The monoisotopic (exact) mass is 351 g/mol. The van der Waals surface area contributed by atoms with Crippen molar-refractivity contribution in [3.05, 3.63) is 34.9 Å². The molecular weight excluding hydrogens is 326 g/mol. The number of likely N-dealkylation sites (tertiary alicyclic amines) is 1. The van der Waals surface area contributed by atoms with Crippen LogP contribution < -0.4 is 0 Å². The summed E-state index contributed by atoms with van der Waals surface area (Å²) in [4.78, 5) is 14.7. The Kier molecular flexibility index (Phi) is 5.80. The van der Waals surface area contributed by atoms with Gasteiger partial charge in [-0.1, -0.05) is 23.7 Å². The molecule has 3 rings (SSSR count). The van der Waals surface area contributed by atoms with Crippen LogP contribution in [0.25, 0.3) is 0 Å². The van der Waals surface area contributed by atoms with Gasteiger partial charge in [0.25, 0.3) is 0 Å². The van der Waals surface area contributed by atoms with Gasteiger partial charge in [0.1, 0.15) is 0 Å². The minimum atomic E-state index is -0.0266. The highest BCUT2D eigenvalue weighted by Gasteiger charge is 2.46. The lowest BCUT2D eigenvalue weighted by atomic mass is 9.73. The first kappa shape index (κ1) is 17.7. The maximum absolute atomic E-state index is 12.7. The lowest BCUT2D eigenvalue weighted by Gasteiger charge is -2.50. The van der Waals surface area contributed by atoms with Gasteiger partial charge in [0.15, 0.2) is 0 Å². The van der Waals surface area contributed by atoms with Crippen LogP contribution in [0.5, 0.6) is 0 Å². The molecule has 132 valence electrons. The van der Waals surface area contributed by atoms with E-state index in [0.717, 1.165) is 56.0 Å². The Morgan fingerprint density at radius 2 is 2.21 bits per heavy atom. The molecule has 2 heterocycles. The molecule has 2 saturated heterocycles. The van der Waals surface area contributed by atoms with E-state index in [4.69, 9.17) is 21.1 Å². The number of hydrogen-bond acceptors (Lipinski definition) is 3. The van der Waals surface area contributed by atoms with E-state index in [-0.39, 0.29) is 17.4 Å². The van der Waals surface area contributed by atoms with Gasteiger partial charge in [0, 0.05) is 43.7 Å². The van der Waals surface area contributed by atoms with E-state index in [1.54, 1.807) is 7.11 Å². The third-order valence-corrected chi connectivity index (χ3v) is 5.57. The van der Waals surface area contributed by atoms with Crippen LogP contribution in [0.3, 0.4) is 0 Å². The molecule has 0 radical (unpaired) electrons. The van der Waals surface area contributed by atoms with Crippen molar-refractivity contribution in [1.82, 2.24) is 4.90 Å². The highest BCUT2D eigenvalue weighted by molar-refractivity contribution is 6.30. The van der Waals surface area contributed by atoms with Crippen LogP contribution in [0.4, 0.5) is 0 Å². The minimum Gasteiger partial charge on any atom is -0.384 e. The maximum Gasteiger partial charge on any atom is 0.222 e. The lowest BCUT2D eigenvalue weighted by Crippen LogP contribution is -2.58. The summed E-state index contributed by atoms with van der Waals surface area (Å²) < 4.78 is 11.5. The van der Waals surface area contributed by atoms with Gasteiger partial charge in [-0.2, -0.15) is 0 Å². The number of nitrogens with zero attached hydrogens (tertiary/aromatic N) is 1. The van der Waals surface area contributed by atoms with Gasteiger partial charge in [-0.3, -0.25) is 4.79 Å². The van der Waals surface area contributed by atoms with E-state index in [0.29, 0.717) is 13.0 Å². The van der Waals surface area contributed by atoms with E-state index >= 15 is 0 Å². The Morgan fingerprint density at radius 3 is 2.96 bits per heavy atom. The number of rotatable bonds is 5. The van der Waals surface area contributed by atoms with Crippen molar-refractivity contribution in [2.45, 2.75) is 38.2 Å². The number of hydrogen-bond donors (Lipinski definition) is 0. The second-order valence-corrected chi connectivity index (χ2v) is 7.43. The van der Waals surface area contributed by atoms with Gasteiger partial charge in [0.05, 0.1) is 12.7 Å². The number of fused-ring (bicyclic) bond motifs is 1. The zero-order valence-corrected chi connectivity index (χ0v) is 15.1. The maximum atomic E-state index is 12.7. The normalized spacial score (nSPS) is 26.9. The number of halogens is 1. The highest BCUT2D eigenvalue weighted by Crippen LogP contribution is 2.40. The van der Waals surface area contributed by atoms with Gasteiger partial charge in [-0.25, -0.2) is 0 Å². The van der Waals surface area contributed by atoms with Crippen molar-refractivity contribution in [2.24, 2.45) is 5.41 Å². The van der Waals surface area contributed by atoms with Gasteiger partial charge >= 0.3 is 0 Å². The van der Waals surface area contributed by atoms with Crippen LogP contribution >= 0.6 is 11.6 Å². The molecule has 0 saturated carbocycles. The second kappa shape index (κ2) is 7.85. The van der Waals surface area contributed by atoms with Crippen molar-refractivity contribution in [3.63, 3.8) is 0 Å². The molecule has 1 aromatic rings. The molecular formula is C19H26ClNO3. The van der Waals surface area contributed by atoms with E-state index in [2.05, 4.69) is 0 Å². The lowest BCUT2D eigenvalue weighted by molar-refractivity contribution is -0.162. The molecule has 2 aliphatic heterocycles. The number of benzene rings is 1. The molecule has 0 N–H and O–H groups in total. The van der Waals surface area contributed by atoms with Gasteiger partial charge in [0.2, 0.25) is 5.91 Å². The average molecular weight is 352 g/mol. The molecule has 0 spiro atoms. The molecule has 0 aromatic heterocycles. The summed E-state index contributed by atoms with van der Waals surface area (Å²) in [6.07, 6.45) is 4.56. The van der Waals surface area contributed by atoms with E-state index in [9.17, 15) is 4.79 Å². The summed E-state index contributed by atoms with van der Waals surface area (Å²) in [7, 11) is 1.74. The number of amides is 1. The second-order valence-electron chi connectivity index (χ2n) is 6.99. The van der Waals surface area contributed by atoms with Crippen LogP contribution in [0, 0.1) is 5.41 Å². The fourth-order valence-electron chi connectivity index (χ4n) is 4.06. The topological polar surface area (TPSA) is 38.8 Å². The zero-order chi connectivity index (χ0) is 17.0. The van der Waals surface area contributed by atoms with E-state index in [1.807, 2.05) is 29.2 Å². The number of carbonyl (C=O) groups excluding carboxylic acids is 1. The third-order valence-electron chi connectivity index (χ3n) is 5.31. The fraction of sp³-hybridized carbons (Fsp3) is 0.632. The first-order valence-electron chi connectivity index (χ1n) is 8.76. The summed E-state index contributed by atoms with van der Waals surface area (Å²) in [5.41, 5.74) is 1.12. The van der Waals surface area contributed by atoms with Crippen molar-refractivity contribution >= 4 is 17.5 Å². The molecule has 1 amide bonds. The largest absolute Gasteiger partial charge is 0.384 e. The molecule has 24 heavy (non-hydrogen) atoms. The molecule has 1 aromatic carbocycles. The van der Waals surface area contributed by atoms with Crippen LogP contribution in [0.1, 0.15) is 31.2 Å². The SMILES string of the molecule is COC[C@]12CCCO[C@H]1CCN(C(=O)CCc1ccc(Cl)cc1)C2. The van der Waals surface area contributed by atoms with Gasteiger partial charge < -0.3 is 14.4 Å². The molecule has 0 bridgehead atoms. The number of carbonyl (C=O) groups is 1. The zero-order valence-electron chi connectivity index (χ0n) is 14.3. The Bertz CT molecular complexity index is 558. The fourth-order valence-corrected chi connectivity index (χ4v) is 4.19. The number of ether oxygens (including phenoxy) is 2. The smallest absolute Gasteiger partial charge is 0.222 e. The quantitative estimate of drug-likeness (QED) is 0.816. The molecule has 2 fully saturated rings. The summed E-state index contributed by atoms with van der Waals surface area (Å²) >= 11 is 5.91. The standard InChI is InChI=1S/C19H26ClNO3/c1-23-14-19-10-2-12-24-17(19)9-11-21(13-19)18(22)8-5-15-3-6-16(20)7-4-15/h3-4,6-7,17H,2,5,8-14H2,1H3/t17-,19+/m0/s1. The predicted molar refractivity (Wildman–Crippen MR) is 94.3 cm³/mol. The third kappa shape index (κ3) is 3.93. The first-order valence-corrected chi connectivity index (χ1v) is 9.13. The molecule has 5 heteroatoms. The number of aryl methyl sites for hydroxylation is 1. The summed E-state index contributed by atoms with van der Waals surface area (Å²) in [6, 6.07) is 7.73. The number of piperidine rings is 1. The summed E-state index contributed by atoms with van der Waals surface area (Å²) in [5.74, 6) is 0.226. The predicted octanol–water partition coefficient (Wildman–Crippen LogP) is 3.32. The van der Waals surface area contributed by atoms with Crippen LogP contribution in [0.15, 0.2) is 24.3 Å². The van der Waals surface area contributed by atoms with Crippen molar-refractivity contribution in [3.8, 4) is 0 Å². The Hall–Kier alpha value is -1.10. The van der Waals surface area contributed by atoms with Gasteiger partial charge in [-0.15, -0.1) is 0 Å². The Balaban J connectivity index is 1.59. The molecule has 2 atom stereocenters. The van der Waals surface area contributed by atoms with Crippen LogP contribution in [-0.4, -0.2) is 50.3 Å². The summed E-state index contributed by atoms with van der Waals surface area (Å²) in [6.45, 7) is 3.04. The van der Waals surface area contributed by atoms with Gasteiger partial charge in [-0.05, 0) is 43.4 Å². The van der Waals surface area contributed by atoms with Crippen LogP contribution in [-0.2, 0) is 20.7 Å². The number of methoxy groups -OCH3 is 1. The van der Waals surface area contributed by atoms with Crippen molar-refractivity contribution in [2.75, 3.05) is 33.4 Å². The molecule has 0 aliphatic carbocycles. The molecule has 0 unspecified atom stereocenters. The minimum absolute atomic E-state index is 0.0266. The average Bonchev–Trinajstić information content (AvgIpc) is 2.60. The van der Waals surface area contributed by atoms with Crippen LogP contribution in [0.2, 0.25) is 5.02 Å². The summed E-state index contributed by atoms with van der Waals surface area (Å²) in [5, 5.41) is 0.728.